The lowest BCUT2D eigenvalue weighted by molar-refractivity contribution is 0.102. The fourth-order valence-corrected chi connectivity index (χ4v) is 1.21. The molecule has 2 aromatic heterocycles. The average Bonchev–Trinajstić information content (AvgIpc) is 2.33. The van der Waals surface area contributed by atoms with Gasteiger partial charge < -0.3 is 5.32 Å². The van der Waals surface area contributed by atoms with Crippen LogP contribution in [-0.4, -0.2) is 21.1 Å². The summed E-state index contributed by atoms with van der Waals surface area (Å²) in [6, 6.07) is 5.71. The first kappa shape index (κ1) is 11.3. The molecule has 2 aromatic rings. The third-order valence-electron chi connectivity index (χ3n) is 1.88. The van der Waals surface area contributed by atoms with Gasteiger partial charge in [-0.15, -0.1) is 0 Å². The molecule has 0 aliphatic carbocycles. The van der Waals surface area contributed by atoms with Gasteiger partial charge in [-0.1, -0.05) is 11.6 Å². The van der Waals surface area contributed by atoms with Gasteiger partial charge in [0.1, 0.15) is 11.5 Å². The molecular weight excluding hydrogens is 244 g/mol. The SMILES string of the molecule is O=C(Nc1ccc(Cl)cn1)c1ccc(=O)[nH]n1. The van der Waals surface area contributed by atoms with Crippen molar-refractivity contribution in [3.63, 3.8) is 0 Å². The van der Waals surface area contributed by atoms with Crippen LogP contribution < -0.4 is 10.9 Å². The molecule has 0 fully saturated rings. The summed E-state index contributed by atoms with van der Waals surface area (Å²) < 4.78 is 0. The van der Waals surface area contributed by atoms with Gasteiger partial charge in [-0.05, 0) is 18.2 Å². The highest BCUT2D eigenvalue weighted by Gasteiger charge is 2.08. The van der Waals surface area contributed by atoms with Crippen LogP contribution >= 0.6 is 11.6 Å². The van der Waals surface area contributed by atoms with Crippen LogP contribution in [0.5, 0.6) is 0 Å². The van der Waals surface area contributed by atoms with E-state index >= 15 is 0 Å². The van der Waals surface area contributed by atoms with Crippen molar-refractivity contribution in [3.8, 4) is 0 Å². The molecule has 0 radical (unpaired) electrons. The van der Waals surface area contributed by atoms with Gasteiger partial charge in [0.2, 0.25) is 0 Å². The quantitative estimate of drug-likeness (QED) is 0.835. The van der Waals surface area contributed by atoms with Crippen molar-refractivity contribution in [2.24, 2.45) is 0 Å². The number of nitrogens with one attached hydrogen (secondary N) is 2. The minimum atomic E-state index is -0.462. The molecule has 0 saturated carbocycles. The monoisotopic (exact) mass is 250 g/mol. The highest BCUT2D eigenvalue weighted by atomic mass is 35.5. The number of nitrogens with zero attached hydrogens (tertiary/aromatic N) is 2. The second-order valence-electron chi connectivity index (χ2n) is 3.12. The Kier molecular flexibility index (Phi) is 3.15. The van der Waals surface area contributed by atoms with Gasteiger partial charge in [0.05, 0.1) is 5.02 Å². The zero-order valence-electron chi connectivity index (χ0n) is 8.48. The second-order valence-corrected chi connectivity index (χ2v) is 3.56. The van der Waals surface area contributed by atoms with E-state index in [4.69, 9.17) is 11.6 Å². The molecule has 0 atom stereocenters. The van der Waals surface area contributed by atoms with Gasteiger partial charge in [-0.25, -0.2) is 10.1 Å². The van der Waals surface area contributed by atoms with Gasteiger partial charge in [0.15, 0.2) is 0 Å². The van der Waals surface area contributed by atoms with Crippen LogP contribution in [0.1, 0.15) is 10.5 Å². The molecule has 0 spiro atoms. The molecule has 2 N–H and O–H groups in total. The fraction of sp³-hybridized carbons (Fsp3) is 0. The predicted octanol–water partition coefficient (Wildman–Crippen LogP) is 1.07. The van der Waals surface area contributed by atoms with Gasteiger partial charge in [-0.3, -0.25) is 9.59 Å². The molecule has 0 unspecified atom stereocenters. The summed E-state index contributed by atoms with van der Waals surface area (Å²) in [6.45, 7) is 0. The van der Waals surface area contributed by atoms with E-state index < -0.39 is 5.91 Å². The van der Waals surface area contributed by atoms with E-state index in [1.165, 1.54) is 18.3 Å². The molecular formula is C10H7ClN4O2. The third kappa shape index (κ3) is 2.88. The van der Waals surface area contributed by atoms with Gasteiger partial charge >= 0.3 is 0 Å². The molecule has 0 aliphatic rings. The number of H-pyrrole nitrogens is 1. The number of rotatable bonds is 2. The molecule has 0 saturated heterocycles. The molecule has 17 heavy (non-hydrogen) atoms. The fourth-order valence-electron chi connectivity index (χ4n) is 1.10. The molecule has 1 amide bonds. The Bertz CT molecular complexity index is 574. The van der Waals surface area contributed by atoms with Gasteiger partial charge in [-0.2, -0.15) is 5.10 Å². The summed E-state index contributed by atoms with van der Waals surface area (Å²) in [5.41, 5.74) is -0.271. The average molecular weight is 251 g/mol. The third-order valence-corrected chi connectivity index (χ3v) is 2.10. The number of hydrogen-bond donors (Lipinski definition) is 2. The number of aromatic nitrogens is 3. The van der Waals surface area contributed by atoms with Crippen molar-refractivity contribution in [1.29, 1.82) is 0 Å². The van der Waals surface area contributed by atoms with Crippen molar-refractivity contribution in [3.05, 3.63) is 51.5 Å². The van der Waals surface area contributed by atoms with E-state index in [1.54, 1.807) is 12.1 Å². The van der Waals surface area contributed by atoms with Crippen molar-refractivity contribution >= 4 is 23.3 Å². The van der Waals surface area contributed by atoms with Crippen LogP contribution in [0.25, 0.3) is 0 Å². The van der Waals surface area contributed by atoms with E-state index in [1.807, 2.05) is 0 Å². The molecule has 6 nitrogen and oxygen atoms in total. The maximum absolute atomic E-state index is 11.6. The molecule has 2 rings (SSSR count). The summed E-state index contributed by atoms with van der Waals surface area (Å²) in [5, 5.41) is 8.74. The number of anilines is 1. The Balaban J connectivity index is 2.14. The number of hydrogen-bond acceptors (Lipinski definition) is 4. The van der Waals surface area contributed by atoms with Gasteiger partial charge in [0.25, 0.3) is 11.5 Å². The van der Waals surface area contributed by atoms with Crippen molar-refractivity contribution in [2.45, 2.75) is 0 Å². The summed E-state index contributed by atoms with van der Waals surface area (Å²) in [5.74, 6) is -0.108. The highest BCUT2D eigenvalue weighted by molar-refractivity contribution is 6.30. The summed E-state index contributed by atoms with van der Waals surface area (Å²) in [7, 11) is 0. The first-order valence-electron chi connectivity index (χ1n) is 4.64. The Hall–Kier alpha value is -2.21. The van der Waals surface area contributed by atoms with E-state index in [2.05, 4.69) is 20.5 Å². The van der Waals surface area contributed by atoms with Crippen LogP contribution in [0.3, 0.4) is 0 Å². The molecule has 0 aromatic carbocycles. The summed E-state index contributed by atoms with van der Waals surface area (Å²) in [6.07, 6.45) is 1.41. The number of carbonyl (C=O) groups is 1. The lowest BCUT2D eigenvalue weighted by Gasteiger charge is -2.02. The minimum absolute atomic E-state index is 0.0985. The van der Waals surface area contributed by atoms with Crippen LogP contribution in [0.4, 0.5) is 5.82 Å². The van der Waals surface area contributed by atoms with Crippen LogP contribution in [0.2, 0.25) is 5.02 Å². The zero-order chi connectivity index (χ0) is 12.3. The number of pyridine rings is 1. The molecule has 0 aliphatic heterocycles. The molecule has 2 heterocycles. The van der Waals surface area contributed by atoms with E-state index in [9.17, 15) is 9.59 Å². The Labute approximate surface area is 101 Å². The normalized spacial score (nSPS) is 9.94. The maximum atomic E-state index is 11.6. The Morgan fingerprint density at radius 1 is 1.29 bits per heavy atom. The number of aromatic amines is 1. The first-order chi connectivity index (χ1) is 8.15. The summed E-state index contributed by atoms with van der Waals surface area (Å²) >= 11 is 5.66. The number of halogens is 1. The lowest BCUT2D eigenvalue weighted by Crippen LogP contribution is -2.17. The molecule has 0 bridgehead atoms. The Morgan fingerprint density at radius 2 is 2.12 bits per heavy atom. The largest absolute Gasteiger partial charge is 0.305 e. The second kappa shape index (κ2) is 4.75. The smallest absolute Gasteiger partial charge is 0.277 e. The van der Waals surface area contributed by atoms with Crippen LogP contribution in [0, 0.1) is 0 Å². The van der Waals surface area contributed by atoms with Crippen molar-refractivity contribution in [2.75, 3.05) is 5.32 Å². The summed E-state index contributed by atoms with van der Waals surface area (Å²) in [4.78, 5) is 26.3. The lowest BCUT2D eigenvalue weighted by atomic mass is 10.3. The highest BCUT2D eigenvalue weighted by Crippen LogP contribution is 2.09. The van der Waals surface area contributed by atoms with Gasteiger partial charge in [0, 0.05) is 12.3 Å². The van der Waals surface area contributed by atoms with E-state index in [0.717, 1.165) is 0 Å². The number of amides is 1. The Morgan fingerprint density at radius 3 is 2.71 bits per heavy atom. The first-order valence-corrected chi connectivity index (χ1v) is 5.01. The maximum Gasteiger partial charge on any atom is 0.277 e. The van der Waals surface area contributed by atoms with Crippen molar-refractivity contribution < 1.29 is 4.79 Å². The predicted molar refractivity (Wildman–Crippen MR) is 62.1 cm³/mol. The van der Waals surface area contributed by atoms with E-state index in [-0.39, 0.29) is 11.3 Å². The van der Waals surface area contributed by atoms with Crippen LogP contribution in [-0.2, 0) is 0 Å². The number of carbonyl (C=O) groups excluding carboxylic acids is 1. The zero-order valence-corrected chi connectivity index (χ0v) is 9.23. The van der Waals surface area contributed by atoms with E-state index in [0.29, 0.717) is 10.8 Å². The minimum Gasteiger partial charge on any atom is -0.305 e. The molecule has 86 valence electrons. The standard InChI is InChI=1S/C10H7ClN4O2/c11-6-1-3-8(12-5-6)13-10(17)7-2-4-9(16)15-14-7/h1-5H,(H,15,16)(H,12,13,17). The van der Waals surface area contributed by atoms with Crippen molar-refractivity contribution in [1.82, 2.24) is 15.2 Å². The van der Waals surface area contributed by atoms with Crippen LogP contribution in [0.15, 0.2) is 35.3 Å². The topological polar surface area (TPSA) is 87.7 Å². The molecule has 7 heteroatoms.